The number of thiazole rings is 1. The summed E-state index contributed by atoms with van der Waals surface area (Å²) in [6.07, 6.45) is -3.22. The SMILES string of the molecule is Cc1ncsc1-c1ccc(CNC(=O)[C@@H]2C[C@@H](O)CN2C(=O)[C@@H](NC(=O)CCOCCOCCCCCOc2ccc(N3C(=S)N(c4ccc(C#N)c(C(F)(F)F)c4)C(=O)C3(C)C)cc2)C(C)(C)C)cc1. The number of carbonyl (C=O) groups is 4. The Kier molecular flexibility index (Phi) is 18.0. The summed E-state index contributed by atoms with van der Waals surface area (Å²) < 4.78 is 58.3. The molecule has 2 fully saturated rings. The van der Waals surface area contributed by atoms with Crippen LogP contribution in [-0.2, 0) is 41.4 Å². The van der Waals surface area contributed by atoms with E-state index in [9.17, 15) is 42.7 Å². The van der Waals surface area contributed by atoms with Crippen LogP contribution in [0.2, 0.25) is 0 Å². The van der Waals surface area contributed by atoms with Crippen LogP contribution in [0, 0.1) is 23.7 Å². The molecule has 4 aromatic rings. The van der Waals surface area contributed by atoms with Gasteiger partial charge in [-0.25, -0.2) is 4.98 Å². The number of anilines is 2. The van der Waals surface area contributed by atoms with Gasteiger partial charge in [0, 0.05) is 38.2 Å². The van der Waals surface area contributed by atoms with Crippen molar-refractivity contribution >= 4 is 63.7 Å². The Labute approximate surface area is 421 Å². The summed E-state index contributed by atoms with van der Waals surface area (Å²) in [6, 6.07) is 17.5. The van der Waals surface area contributed by atoms with Gasteiger partial charge >= 0.3 is 6.18 Å². The van der Waals surface area contributed by atoms with E-state index in [0.29, 0.717) is 31.3 Å². The third-order valence-corrected chi connectivity index (χ3v) is 13.6. The average Bonchev–Trinajstić information content (AvgIpc) is 3.99. The van der Waals surface area contributed by atoms with Gasteiger partial charge in [-0.05, 0) is 111 Å². The molecule has 2 aliphatic heterocycles. The van der Waals surface area contributed by atoms with Crippen LogP contribution in [0.5, 0.6) is 5.75 Å². The fourth-order valence-electron chi connectivity index (χ4n) is 8.32. The highest BCUT2D eigenvalue weighted by molar-refractivity contribution is 7.81. The molecule has 6 rings (SSSR count). The van der Waals surface area contributed by atoms with Crippen molar-refractivity contribution in [1.82, 2.24) is 20.5 Å². The average molecular weight is 1020 g/mol. The molecule has 3 heterocycles. The Hall–Kier alpha value is -5.98. The van der Waals surface area contributed by atoms with Crippen molar-refractivity contribution in [3.63, 3.8) is 0 Å². The highest BCUT2D eigenvalue weighted by Gasteiger charge is 2.51. The maximum atomic E-state index is 14.0. The van der Waals surface area contributed by atoms with Gasteiger partial charge in [-0.1, -0.05) is 45.0 Å². The first kappa shape index (κ1) is 54.4. The molecular formula is C51H60F3N7O8S2. The number of halogens is 3. The zero-order valence-electron chi connectivity index (χ0n) is 40.6. The lowest BCUT2D eigenvalue weighted by Gasteiger charge is -2.35. The van der Waals surface area contributed by atoms with Gasteiger partial charge in [-0.2, -0.15) is 18.4 Å². The maximum absolute atomic E-state index is 14.0. The number of alkyl halides is 3. The van der Waals surface area contributed by atoms with Crippen LogP contribution >= 0.6 is 23.6 Å². The normalized spacial score (nSPS) is 17.3. The smallest absolute Gasteiger partial charge is 0.417 e. The Morgan fingerprint density at radius 2 is 1.62 bits per heavy atom. The van der Waals surface area contributed by atoms with E-state index in [2.05, 4.69) is 15.6 Å². The van der Waals surface area contributed by atoms with Gasteiger partial charge < -0.3 is 39.8 Å². The van der Waals surface area contributed by atoms with Crippen LogP contribution in [0.25, 0.3) is 10.4 Å². The first-order chi connectivity index (χ1) is 33.6. The molecule has 0 spiro atoms. The van der Waals surface area contributed by atoms with Crippen LogP contribution in [0.15, 0.2) is 72.2 Å². The predicted octanol–water partition coefficient (Wildman–Crippen LogP) is 7.71. The van der Waals surface area contributed by atoms with Crippen molar-refractivity contribution < 1.29 is 51.7 Å². The van der Waals surface area contributed by atoms with Crippen molar-refractivity contribution in [3.05, 3.63) is 94.6 Å². The van der Waals surface area contributed by atoms with Crippen molar-refractivity contribution in [2.24, 2.45) is 5.41 Å². The van der Waals surface area contributed by atoms with E-state index in [4.69, 9.17) is 26.4 Å². The molecule has 3 aromatic carbocycles. The maximum Gasteiger partial charge on any atom is 0.417 e. The van der Waals surface area contributed by atoms with Gasteiger partial charge in [0.05, 0.1) is 71.5 Å². The predicted molar refractivity (Wildman–Crippen MR) is 266 cm³/mol. The molecule has 0 radical (unpaired) electrons. The number of unbranched alkanes of at least 4 members (excludes halogenated alkanes) is 2. The molecule has 20 heteroatoms. The molecule has 71 heavy (non-hydrogen) atoms. The second kappa shape index (κ2) is 23.5. The number of likely N-dealkylation sites (tertiary alicyclic amines) is 1. The number of hydrogen-bond acceptors (Lipinski definition) is 12. The second-order valence-corrected chi connectivity index (χ2v) is 20.2. The number of nitrogens with one attached hydrogen (secondary N) is 2. The first-order valence-corrected chi connectivity index (χ1v) is 24.6. The number of nitriles is 1. The molecule has 0 saturated carbocycles. The van der Waals surface area contributed by atoms with Gasteiger partial charge in [0.15, 0.2) is 5.11 Å². The summed E-state index contributed by atoms with van der Waals surface area (Å²) in [5.41, 5.74) is 1.52. The number of hydrogen-bond donors (Lipinski definition) is 3. The van der Waals surface area contributed by atoms with Gasteiger partial charge in [0.2, 0.25) is 17.7 Å². The fourth-order valence-corrected chi connectivity index (χ4v) is 9.66. The van der Waals surface area contributed by atoms with E-state index in [0.717, 1.165) is 58.0 Å². The Morgan fingerprint density at radius 3 is 2.25 bits per heavy atom. The zero-order valence-corrected chi connectivity index (χ0v) is 42.3. The summed E-state index contributed by atoms with van der Waals surface area (Å²) in [4.78, 5) is 63.3. The third kappa shape index (κ3) is 13.5. The number of nitrogens with zero attached hydrogens (tertiary/aromatic N) is 5. The number of aliphatic hydroxyl groups excluding tert-OH is 1. The van der Waals surface area contributed by atoms with E-state index in [-0.39, 0.29) is 61.8 Å². The van der Waals surface area contributed by atoms with E-state index < -0.39 is 58.3 Å². The molecule has 0 aliphatic carbocycles. The number of thiocarbonyl (C=S) groups is 1. The minimum absolute atomic E-state index is 0.000267. The number of β-amino-alcohol motifs (C(OH)–C–C–N with tert-alkyl or cyclic N) is 1. The van der Waals surface area contributed by atoms with E-state index >= 15 is 0 Å². The molecule has 2 saturated heterocycles. The van der Waals surface area contributed by atoms with Crippen LogP contribution in [0.3, 0.4) is 0 Å². The van der Waals surface area contributed by atoms with Crippen LogP contribution < -0.4 is 25.2 Å². The minimum Gasteiger partial charge on any atom is -0.494 e. The molecule has 1 aromatic heterocycles. The van der Waals surface area contributed by atoms with Crippen molar-refractivity contribution in [3.8, 4) is 22.3 Å². The van der Waals surface area contributed by atoms with Crippen LogP contribution in [0.1, 0.15) is 89.1 Å². The molecule has 3 N–H and O–H groups in total. The standard InChI is InChI=1S/C51H60F3N7O8S2/c1-32-43(71-31-57-32)34-12-10-33(11-13-34)29-56-45(64)41-27-38(62)30-59(41)46(65)44(49(2,3)4)58-42(63)20-23-68-25-24-67-21-8-7-9-22-69-39-18-16-36(17-19-39)61-48(70)60(47(66)50(61,5)6)37-15-14-35(28-55)40(26-37)51(52,53)54/h10-19,26,31,38,41,44,62H,7-9,20-25,27,29-30H2,1-6H3,(H,56,64)(H,58,63)/t38-,41+,44-/m1/s1. The minimum atomic E-state index is -4.80. The Balaban J connectivity index is 0.851. The summed E-state index contributed by atoms with van der Waals surface area (Å²) in [5, 5.41) is 25.5. The molecule has 3 atom stereocenters. The summed E-state index contributed by atoms with van der Waals surface area (Å²) in [5.74, 6) is -1.14. The van der Waals surface area contributed by atoms with Crippen molar-refractivity contribution in [2.45, 2.75) is 110 Å². The van der Waals surface area contributed by atoms with Gasteiger partial charge in [-0.3, -0.25) is 24.1 Å². The van der Waals surface area contributed by atoms with Gasteiger partial charge in [-0.15, -0.1) is 11.3 Å². The lowest BCUT2D eigenvalue weighted by Crippen LogP contribution is -2.57. The summed E-state index contributed by atoms with van der Waals surface area (Å²) >= 11 is 7.18. The lowest BCUT2D eigenvalue weighted by molar-refractivity contribution is -0.144. The summed E-state index contributed by atoms with van der Waals surface area (Å²) in [7, 11) is 0. The number of ether oxygens (including phenoxy) is 3. The van der Waals surface area contributed by atoms with E-state index in [1.165, 1.54) is 11.0 Å². The van der Waals surface area contributed by atoms with Crippen molar-refractivity contribution in [2.75, 3.05) is 49.4 Å². The molecular weight excluding hydrogens is 960 g/mol. The number of rotatable bonds is 21. The number of amides is 4. The lowest BCUT2D eigenvalue weighted by atomic mass is 9.85. The second-order valence-electron chi connectivity index (χ2n) is 19.0. The fraction of sp³-hybridized carbons (Fsp3) is 0.471. The van der Waals surface area contributed by atoms with Gasteiger partial charge in [0.25, 0.3) is 5.91 Å². The number of aromatic nitrogens is 1. The van der Waals surface area contributed by atoms with E-state index in [1.807, 2.05) is 52.0 Å². The molecule has 2 aliphatic rings. The zero-order chi connectivity index (χ0) is 51.7. The highest BCUT2D eigenvalue weighted by Crippen LogP contribution is 2.40. The Morgan fingerprint density at radius 1 is 0.958 bits per heavy atom. The molecule has 4 amide bonds. The summed E-state index contributed by atoms with van der Waals surface area (Å²) in [6.45, 7) is 12.6. The van der Waals surface area contributed by atoms with Crippen LogP contribution in [0.4, 0.5) is 24.5 Å². The number of aryl methyl sites for hydroxylation is 1. The van der Waals surface area contributed by atoms with Crippen LogP contribution in [-0.4, -0.2) is 107 Å². The molecule has 380 valence electrons. The monoisotopic (exact) mass is 1020 g/mol. The quantitative estimate of drug-likeness (QED) is 0.0546. The number of carbonyl (C=O) groups excluding carboxylic acids is 4. The molecule has 0 unspecified atom stereocenters. The Bertz CT molecular complexity index is 2580. The van der Waals surface area contributed by atoms with E-state index in [1.54, 1.807) is 65.9 Å². The largest absolute Gasteiger partial charge is 0.494 e. The number of aliphatic hydroxyl groups is 1. The third-order valence-electron chi connectivity index (χ3n) is 12.2. The highest BCUT2D eigenvalue weighted by atomic mass is 32.1. The van der Waals surface area contributed by atoms with Crippen molar-refractivity contribution in [1.29, 1.82) is 5.26 Å². The topological polar surface area (TPSA) is 187 Å². The van der Waals surface area contributed by atoms with Gasteiger partial charge in [0.1, 0.15) is 23.4 Å². The molecule has 0 bridgehead atoms. The first-order valence-electron chi connectivity index (χ1n) is 23.3. The number of benzene rings is 3. The molecule has 15 nitrogen and oxygen atoms in total.